The fourth-order valence-corrected chi connectivity index (χ4v) is 2.34. The van der Waals surface area contributed by atoms with Crippen LogP contribution in [0.5, 0.6) is 0 Å². The molecular formula is C13H20BrNO2. The number of halogens is 1. The number of aliphatic hydroxyl groups is 1. The topological polar surface area (TPSA) is 32.7 Å². The van der Waals surface area contributed by atoms with E-state index < -0.39 is 0 Å². The minimum atomic E-state index is 0.0544. The highest BCUT2D eigenvalue weighted by Crippen LogP contribution is 2.26. The van der Waals surface area contributed by atoms with Gasteiger partial charge in [0.1, 0.15) is 0 Å². The number of anilines is 1. The zero-order valence-electron chi connectivity index (χ0n) is 10.6. The summed E-state index contributed by atoms with van der Waals surface area (Å²) in [5.74, 6) is 0. The number of ether oxygens (including phenoxy) is 1. The van der Waals surface area contributed by atoms with E-state index in [1.807, 2.05) is 18.2 Å². The van der Waals surface area contributed by atoms with E-state index >= 15 is 0 Å². The van der Waals surface area contributed by atoms with E-state index in [4.69, 9.17) is 4.74 Å². The van der Waals surface area contributed by atoms with E-state index in [1.165, 1.54) is 0 Å². The van der Waals surface area contributed by atoms with Gasteiger partial charge in [-0.3, -0.25) is 0 Å². The average Bonchev–Trinajstić information content (AvgIpc) is 2.31. The van der Waals surface area contributed by atoms with Crippen LogP contribution in [0, 0.1) is 0 Å². The highest BCUT2D eigenvalue weighted by atomic mass is 79.9. The molecule has 1 atom stereocenters. The molecule has 0 heterocycles. The summed E-state index contributed by atoms with van der Waals surface area (Å²) in [6, 6.07) is 6.22. The zero-order valence-corrected chi connectivity index (χ0v) is 12.2. The summed E-state index contributed by atoms with van der Waals surface area (Å²) < 4.78 is 6.22. The predicted molar refractivity (Wildman–Crippen MR) is 74.4 cm³/mol. The number of benzene rings is 1. The third kappa shape index (κ3) is 3.69. The Labute approximate surface area is 112 Å². The molecule has 1 unspecified atom stereocenters. The number of aliphatic hydroxyl groups excluding tert-OH is 1. The van der Waals surface area contributed by atoms with Gasteiger partial charge in [-0.25, -0.2) is 0 Å². The Bertz CT molecular complexity index is 357. The van der Waals surface area contributed by atoms with Gasteiger partial charge in [-0.15, -0.1) is 0 Å². The second-order valence-electron chi connectivity index (χ2n) is 4.02. The van der Waals surface area contributed by atoms with Gasteiger partial charge >= 0.3 is 0 Å². The number of nitrogens with zero attached hydrogens (tertiary/aromatic N) is 1. The molecule has 0 radical (unpaired) electrons. The van der Waals surface area contributed by atoms with Gasteiger partial charge in [0.15, 0.2) is 0 Å². The minimum absolute atomic E-state index is 0.0544. The van der Waals surface area contributed by atoms with Crippen molar-refractivity contribution in [1.82, 2.24) is 0 Å². The Kier molecular flexibility index (Phi) is 5.95. The lowest BCUT2D eigenvalue weighted by Gasteiger charge is -2.31. The van der Waals surface area contributed by atoms with Gasteiger partial charge in [0.25, 0.3) is 0 Å². The molecule has 3 nitrogen and oxygen atoms in total. The van der Waals surface area contributed by atoms with Crippen LogP contribution >= 0.6 is 15.9 Å². The van der Waals surface area contributed by atoms with Gasteiger partial charge in [-0.2, -0.15) is 0 Å². The van der Waals surface area contributed by atoms with Crippen LogP contribution < -0.4 is 4.90 Å². The number of hydrogen-bond acceptors (Lipinski definition) is 3. The molecule has 0 saturated heterocycles. The standard InChI is InChI=1S/C13H20BrNO2/c1-4-15(10(2)9-17-3)13-7-12(14)6-5-11(13)8-16/h5-7,10,16H,4,8-9H2,1-3H3. The molecule has 0 aliphatic carbocycles. The van der Waals surface area contributed by atoms with Crippen molar-refractivity contribution >= 4 is 21.6 Å². The van der Waals surface area contributed by atoms with Crippen LogP contribution in [0.4, 0.5) is 5.69 Å². The molecular weight excluding hydrogens is 282 g/mol. The number of hydrogen-bond donors (Lipinski definition) is 1. The van der Waals surface area contributed by atoms with Crippen molar-refractivity contribution in [2.45, 2.75) is 26.5 Å². The first-order valence-corrected chi connectivity index (χ1v) is 6.58. The first-order chi connectivity index (χ1) is 8.13. The van der Waals surface area contributed by atoms with E-state index in [9.17, 15) is 5.11 Å². The van der Waals surface area contributed by atoms with Crippen LogP contribution in [0.3, 0.4) is 0 Å². The van der Waals surface area contributed by atoms with Gasteiger partial charge in [-0.05, 0) is 26.0 Å². The van der Waals surface area contributed by atoms with Gasteiger partial charge in [0.05, 0.1) is 13.2 Å². The molecule has 0 saturated carbocycles. The Balaban J connectivity index is 3.05. The molecule has 0 bridgehead atoms. The van der Waals surface area contributed by atoms with Crippen LogP contribution in [0.25, 0.3) is 0 Å². The zero-order chi connectivity index (χ0) is 12.8. The summed E-state index contributed by atoms with van der Waals surface area (Å²) >= 11 is 3.47. The molecule has 0 aliphatic rings. The summed E-state index contributed by atoms with van der Waals surface area (Å²) in [5.41, 5.74) is 2.01. The molecule has 0 fully saturated rings. The fourth-order valence-electron chi connectivity index (χ4n) is 1.99. The molecule has 0 aromatic heterocycles. The lowest BCUT2D eigenvalue weighted by Crippen LogP contribution is -2.36. The maximum absolute atomic E-state index is 9.39. The molecule has 1 aromatic rings. The van der Waals surface area contributed by atoms with Crippen molar-refractivity contribution in [2.24, 2.45) is 0 Å². The van der Waals surface area contributed by atoms with E-state index in [1.54, 1.807) is 7.11 Å². The number of likely N-dealkylation sites (N-methyl/N-ethyl adjacent to an activating group) is 1. The average molecular weight is 302 g/mol. The third-order valence-corrected chi connectivity index (χ3v) is 3.30. The molecule has 0 spiro atoms. The lowest BCUT2D eigenvalue weighted by molar-refractivity contribution is 0.181. The van der Waals surface area contributed by atoms with Gasteiger partial charge in [0.2, 0.25) is 0 Å². The molecule has 0 amide bonds. The molecule has 1 aromatic carbocycles. The Hall–Kier alpha value is -0.580. The summed E-state index contributed by atoms with van der Waals surface area (Å²) in [6.45, 7) is 5.83. The summed E-state index contributed by atoms with van der Waals surface area (Å²) in [6.07, 6.45) is 0. The van der Waals surface area contributed by atoms with Crippen LogP contribution in [0.15, 0.2) is 22.7 Å². The van der Waals surface area contributed by atoms with Crippen molar-refractivity contribution in [3.8, 4) is 0 Å². The van der Waals surface area contributed by atoms with Gasteiger partial charge in [-0.1, -0.05) is 22.0 Å². The van der Waals surface area contributed by atoms with Crippen LogP contribution in [0.2, 0.25) is 0 Å². The van der Waals surface area contributed by atoms with E-state index in [-0.39, 0.29) is 12.6 Å². The van der Waals surface area contributed by atoms with Gasteiger partial charge in [0, 0.05) is 35.4 Å². The first-order valence-electron chi connectivity index (χ1n) is 5.78. The summed E-state index contributed by atoms with van der Waals surface area (Å²) in [4.78, 5) is 2.24. The minimum Gasteiger partial charge on any atom is -0.392 e. The monoisotopic (exact) mass is 301 g/mol. The SMILES string of the molecule is CCN(c1cc(Br)ccc1CO)C(C)COC. The maximum Gasteiger partial charge on any atom is 0.0702 e. The normalized spacial score (nSPS) is 12.5. The Morgan fingerprint density at radius 2 is 2.18 bits per heavy atom. The van der Waals surface area contributed by atoms with Crippen LogP contribution in [-0.2, 0) is 11.3 Å². The van der Waals surface area contributed by atoms with Crippen molar-refractivity contribution in [3.05, 3.63) is 28.2 Å². The highest BCUT2D eigenvalue weighted by molar-refractivity contribution is 9.10. The highest BCUT2D eigenvalue weighted by Gasteiger charge is 2.16. The van der Waals surface area contributed by atoms with E-state index in [2.05, 4.69) is 34.7 Å². The van der Waals surface area contributed by atoms with Crippen LogP contribution in [-0.4, -0.2) is 31.4 Å². The van der Waals surface area contributed by atoms with Crippen molar-refractivity contribution < 1.29 is 9.84 Å². The fraction of sp³-hybridized carbons (Fsp3) is 0.538. The summed E-state index contributed by atoms with van der Waals surface area (Å²) in [7, 11) is 1.71. The van der Waals surface area contributed by atoms with Crippen molar-refractivity contribution in [2.75, 3.05) is 25.2 Å². The maximum atomic E-state index is 9.39. The molecule has 0 aliphatic heterocycles. The van der Waals surface area contributed by atoms with Crippen molar-refractivity contribution in [3.63, 3.8) is 0 Å². The predicted octanol–water partition coefficient (Wildman–Crippen LogP) is 2.80. The first kappa shape index (κ1) is 14.5. The second kappa shape index (κ2) is 6.99. The second-order valence-corrected chi connectivity index (χ2v) is 4.94. The van der Waals surface area contributed by atoms with Crippen LogP contribution in [0.1, 0.15) is 19.4 Å². The van der Waals surface area contributed by atoms with Crippen molar-refractivity contribution in [1.29, 1.82) is 0 Å². The number of rotatable bonds is 6. The van der Waals surface area contributed by atoms with E-state index in [0.717, 1.165) is 22.3 Å². The number of methoxy groups -OCH3 is 1. The molecule has 96 valence electrons. The molecule has 1 N–H and O–H groups in total. The summed E-state index contributed by atoms with van der Waals surface area (Å²) in [5, 5.41) is 9.39. The smallest absolute Gasteiger partial charge is 0.0702 e. The molecule has 17 heavy (non-hydrogen) atoms. The van der Waals surface area contributed by atoms with Gasteiger partial charge < -0.3 is 14.7 Å². The molecule has 4 heteroatoms. The van der Waals surface area contributed by atoms with E-state index in [0.29, 0.717) is 6.61 Å². The molecule has 1 rings (SSSR count). The Morgan fingerprint density at radius 3 is 2.71 bits per heavy atom. The third-order valence-electron chi connectivity index (χ3n) is 2.81. The lowest BCUT2D eigenvalue weighted by atomic mass is 10.1. The Morgan fingerprint density at radius 1 is 1.47 bits per heavy atom. The largest absolute Gasteiger partial charge is 0.392 e. The quantitative estimate of drug-likeness (QED) is 0.877.